The van der Waals surface area contributed by atoms with Crippen LogP contribution in [0.15, 0.2) is 55.0 Å². The standard InChI is InChI=1S/C29H39N7O4S/c1-23(37)35-17-7-5-3-4-6-16-34(21-24-9-8-13-30-20-24)22-26-19-25(10-11-27(26)35)29(38)31-15-18-36-28(12-14-32-36)33-41(2,39)40/h8-14,19-20,33H,3-7,15-18,21-22H2,1-2H3,(H,31,38). The van der Waals surface area contributed by atoms with Gasteiger partial charge in [0.1, 0.15) is 5.82 Å². The van der Waals surface area contributed by atoms with Crippen molar-refractivity contribution >= 4 is 33.3 Å². The van der Waals surface area contributed by atoms with Gasteiger partial charge in [-0.15, -0.1) is 0 Å². The maximum atomic E-state index is 13.2. The second-order valence-electron chi connectivity index (χ2n) is 10.4. The topological polar surface area (TPSA) is 130 Å². The number of nitrogens with zero attached hydrogens (tertiary/aromatic N) is 5. The van der Waals surface area contributed by atoms with E-state index in [0.717, 1.165) is 68.3 Å². The molecule has 220 valence electrons. The van der Waals surface area contributed by atoms with E-state index < -0.39 is 10.0 Å². The van der Waals surface area contributed by atoms with Crippen LogP contribution in [-0.4, -0.2) is 65.8 Å². The molecule has 0 saturated carbocycles. The summed E-state index contributed by atoms with van der Waals surface area (Å²) in [5.41, 5.74) is 3.36. The van der Waals surface area contributed by atoms with Gasteiger partial charge < -0.3 is 10.2 Å². The number of hydrogen-bond donors (Lipinski definition) is 2. The van der Waals surface area contributed by atoms with Crippen LogP contribution in [0.25, 0.3) is 0 Å². The molecule has 0 saturated heterocycles. The van der Waals surface area contributed by atoms with E-state index in [2.05, 4.69) is 31.1 Å². The molecule has 1 aliphatic rings. The van der Waals surface area contributed by atoms with Crippen molar-refractivity contribution in [2.75, 3.05) is 35.5 Å². The quantitative estimate of drug-likeness (QED) is 0.417. The number of nitrogens with one attached hydrogen (secondary N) is 2. The number of pyridine rings is 1. The largest absolute Gasteiger partial charge is 0.350 e. The minimum atomic E-state index is -3.45. The minimum absolute atomic E-state index is 0.0166. The summed E-state index contributed by atoms with van der Waals surface area (Å²) in [6.45, 7) is 4.98. The summed E-state index contributed by atoms with van der Waals surface area (Å²) in [6, 6.07) is 11.1. The number of anilines is 2. The Morgan fingerprint density at radius 1 is 1.00 bits per heavy atom. The molecule has 1 aromatic carbocycles. The van der Waals surface area contributed by atoms with Gasteiger partial charge >= 0.3 is 0 Å². The fraction of sp³-hybridized carbons (Fsp3) is 0.448. The highest BCUT2D eigenvalue weighted by molar-refractivity contribution is 7.92. The van der Waals surface area contributed by atoms with Crippen molar-refractivity contribution in [3.8, 4) is 0 Å². The first-order valence-electron chi connectivity index (χ1n) is 14.0. The number of amides is 2. The molecule has 3 heterocycles. The first-order valence-corrected chi connectivity index (χ1v) is 15.9. The van der Waals surface area contributed by atoms with Gasteiger partial charge in [-0.05, 0) is 54.8 Å². The molecule has 11 nitrogen and oxygen atoms in total. The third-order valence-electron chi connectivity index (χ3n) is 7.01. The average Bonchev–Trinajstić information content (AvgIpc) is 3.35. The second-order valence-corrected chi connectivity index (χ2v) is 12.2. The Bertz CT molecular complexity index is 1430. The zero-order valence-corrected chi connectivity index (χ0v) is 24.6. The third-order valence-corrected chi connectivity index (χ3v) is 7.59. The number of carbonyl (C=O) groups excluding carboxylic acids is 2. The minimum Gasteiger partial charge on any atom is -0.350 e. The van der Waals surface area contributed by atoms with Gasteiger partial charge in [0, 0.05) is 62.8 Å². The molecule has 2 N–H and O–H groups in total. The first kappa shape index (κ1) is 30.2. The van der Waals surface area contributed by atoms with Gasteiger partial charge in [-0.1, -0.05) is 25.3 Å². The fourth-order valence-electron chi connectivity index (χ4n) is 5.07. The maximum absolute atomic E-state index is 13.2. The van der Waals surface area contributed by atoms with Crippen LogP contribution in [0, 0.1) is 0 Å². The van der Waals surface area contributed by atoms with E-state index in [0.29, 0.717) is 31.0 Å². The molecule has 0 unspecified atom stereocenters. The van der Waals surface area contributed by atoms with Crippen LogP contribution in [0.3, 0.4) is 0 Å². The van der Waals surface area contributed by atoms with E-state index in [9.17, 15) is 18.0 Å². The van der Waals surface area contributed by atoms with Crippen molar-refractivity contribution in [2.24, 2.45) is 0 Å². The van der Waals surface area contributed by atoms with E-state index >= 15 is 0 Å². The molecule has 0 aliphatic carbocycles. The molecule has 0 spiro atoms. The van der Waals surface area contributed by atoms with Crippen molar-refractivity contribution < 1.29 is 18.0 Å². The van der Waals surface area contributed by atoms with E-state index in [1.54, 1.807) is 25.3 Å². The van der Waals surface area contributed by atoms with Crippen molar-refractivity contribution in [2.45, 2.75) is 58.7 Å². The smallest absolute Gasteiger partial charge is 0.251 e. The number of hydrogen-bond acceptors (Lipinski definition) is 7. The molecule has 41 heavy (non-hydrogen) atoms. The Labute approximate surface area is 242 Å². The zero-order chi connectivity index (χ0) is 29.2. The molecule has 2 aromatic heterocycles. The molecule has 0 atom stereocenters. The zero-order valence-electron chi connectivity index (χ0n) is 23.8. The summed E-state index contributed by atoms with van der Waals surface area (Å²) < 4.78 is 27.1. The van der Waals surface area contributed by atoms with Crippen LogP contribution in [0.4, 0.5) is 11.5 Å². The van der Waals surface area contributed by atoms with Crippen LogP contribution in [0.1, 0.15) is 60.5 Å². The normalized spacial score (nSPS) is 15.3. The van der Waals surface area contributed by atoms with Gasteiger partial charge in [-0.25, -0.2) is 13.1 Å². The lowest BCUT2D eigenvalue weighted by atomic mass is 10.0. The summed E-state index contributed by atoms with van der Waals surface area (Å²) in [5.74, 6) is 0.0634. The molecule has 12 heteroatoms. The molecule has 2 amide bonds. The van der Waals surface area contributed by atoms with E-state index in [1.165, 1.54) is 10.9 Å². The second kappa shape index (κ2) is 14.2. The first-order chi connectivity index (χ1) is 19.7. The van der Waals surface area contributed by atoms with Gasteiger partial charge in [0.05, 0.1) is 19.0 Å². The number of sulfonamides is 1. The SMILES string of the molecule is CC(=O)N1CCCCCCCN(Cc2cccnc2)Cc2cc(C(=O)NCCn3nccc3NS(C)(=O)=O)ccc21. The lowest BCUT2D eigenvalue weighted by Crippen LogP contribution is -2.33. The number of aromatic nitrogens is 3. The Morgan fingerprint density at radius 2 is 1.78 bits per heavy atom. The predicted octanol–water partition coefficient (Wildman–Crippen LogP) is 3.40. The summed E-state index contributed by atoms with van der Waals surface area (Å²) in [6.07, 6.45) is 11.6. The van der Waals surface area contributed by atoms with E-state index in [1.807, 2.05) is 29.3 Å². The highest BCUT2D eigenvalue weighted by atomic mass is 32.2. The third kappa shape index (κ3) is 9.12. The van der Waals surface area contributed by atoms with Gasteiger partial charge in [0.15, 0.2) is 0 Å². The molecular formula is C29H39N7O4S. The number of fused-ring (bicyclic) bond motifs is 1. The summed E-state index contributed by atoms with van der Waals surface area (Å²) in [5, 5.41) is 7.04. The lowest BCUT2D eigenvalue weighted by molar-refractivity contribution is -0.116. The molecule has 0 radical (unpaired) electrons. The molecule has 4 rings (SSSR count). The van der Waals surface area contributed by atoms with Gasteiger partial charge in [0.25, 0.3) is 5.91 Å². The van der Waals surface area contributed by atoms with Gasteiger partial charge in [-0.2, -0.15) is 5.10 Å². The molecule has 0 bridgehead atoms. The maximum Gasteiger partial charge on any atom is 0.251 e. The van der Waals surface area contributed by atoms with E-state index in [4.69, 9.17) is 0 Å². The fourth-order valence-corrected chi connectivity index (χ4v) is 5.62. The molecule has 1 aliphatic heterocycles. The Hall–Kier alpha value is -3.77. The van der Waals surface area contributed by atoms with Crippen LogP contribution >= 0.6 is 0 Å². The molecular weight excluding hydrogens is 542 g/mol. The van der Waals surface area contributed by atoms with Crippen LogP contribution in [-0.2, 0) is 34.5 Å². The predicted molar refractivity (Wildman–Crippen MR) is 159 cm³/mol. The Morgan fingerprint density at radius 3 is 2.51 bits per heavy atom. The molecule has 3 aromatic rings. The summed E-state index contributed by atoms with van der Waals surface area (Å²) >= 11 is 0. The van der Waals surface area contributed by atoms with Crippen molar-refractivity contribution in [1.29, 1.82) is 0 Å². The molecule has 0 fully saturated rings. The van der Waals surface area contributed by atoms with E-state index in [-0.39, 0.29) is 18.4 Å². The number of rotatable bonds is 8. The van der Waals surface area contributed by atoms with Crippen molar-refractivity contribution in [3.63, 3.8) is 0 Å². The highest BCUT2D eigenvalue weighted by Gasteiger charge is 2.20. The van der Waals surface area contributed by atoms with Gasteiger partial charge in [-0.3, -0.25) is 24.2 Å². The Kier molecular flexibility index (Phi) is 10.5. The number of carbonyl (C=O) groups is 2. The number of benzene rings is 1. The lowest BCUT2D eigenvalue weighted by Gasteiger charge is -2.29. The summed E-state index contributed by atoms with van der Waals surface area (Å²) in [4.78, 5) is 34.3. The van der Waals surface area contributed by atoms with Crippen molar-refractivity contribution in [3.05, 3.63) is 71.7 Å². The van der Waals surface area contributed by atoms with Gasteiger partial charge in [0.2, 0.25) is 15.9 Å². The van der Waals surface area contributed by atoms with Crippen LogP contribution < -0.4 is 14.9 Å². The Balaban J connectivity index is 1.54. The van der Waals surface area contributed by atoms with Crippen LogP contribution in [0.5, 0.6) is 0 Å². The van der Waals surface area contributed by atoms with Crippen molar-refractivity contribution in [1.82, 2.24) is 25.0 Å². The average molecular weight is 582 g/mol. The van der Waals surface area contributed by atoms with Crippen LogP contribution in [0.2, 0.25) is 0 Å². The highest BCUT2D eigenvalue weighted by Crippen LogP contribution is 2.27. The summed E-state index contributed by atoms with van der Waals surface area (Å²) in [7, 11) is -3.45. The monoisotopic (exact) mass is 581 g/mol.